The van der Waals surface area contributed by atoms with Crippen LogP contribution in [0.3, 0.4) is 0 Å². The summed E-state index contributed by atoms with van der Waals surface area (Å²) in [5.74, 6) is -0.912. The van der Waals surface area contributed by atoms with Crippen molar-refractivity contribution in [1.29, 1.82) is 0 Å². The van der Waals surface area contributed by atoms with Crippen molar-refractivity contribution in [2.45, 2.75) is 63.9 Å². The first-order valence-electron chi connectivity index (χ1n) is 9.40. The molecule has 5 atom stereocenters. The zero-order valence-electron chi connectivity index (χ0n) is 16.2. The molecule has 3 fully saturated rings. The second-order valence-electron chi connectivity index (χ2n) is 8.45. The Hall–Kier alpha value is -1.19. The number of hydrogen-bond donors (Lipinski definition) is 0. The fourth-order valence-corrected chi connectivity index (χ4v) is 6.19. The Bertz CT molecular complexity index is 715. The SMILES string of the molecule is CCC(C)(C)C(=O)OCCOC(=O)COC1(C)C2CC3C1OS(=O)(=O)C3C2. The number of fused-ring (bicyclic) bond motifs is 1. The molecule has 5 unspecified atom stereocenters. The molecule has 0 radical (unpaired) electrons. The van der Waals surface area contributed by atoms with Crippen LogP contribution in [-0.2, 0) is 38.1 Å². The van der Waals surface area contributed by atoms with Crippen LogP contribution in [0.15, 0.2) is 0 Å². The van der Waals surface area contributed by atoms with Gasteiger partial charge >= 0.3 is 11.9 Å². The molecule has 0 aromatic rings. The molecule has 3 rings (SSSR count). The number of rotatable bonds is 8. The van der Waals surface area contributed by atoms with E-state index in [-0.39, 0.29) is 37.6 Å². The van der Waals surface area contributed by atoms with Crippen molar-refractivity contribution in [1.82, 2.24) is 0 Å². The van der Waals surface area contributed by atoms with Crippen molar-refractivity contribution >= 4 is 22.1 Å². The lowest BCUT2D eigenvalue weighted by Gasteiger charge is -2.36. The molecule has 8 nitrogen and oxygen atoms in total. The van der Waals surface area contributed by atoms with Gasteiger partial charge in [-0.2, -0.15) is 8.42 Å². The number of ether oxygens (including phenoxy) is 3. The molecule has 0 amide bonds. The summed E-state index contributed by atoms with van der Waals surface area (Å²) in [5, 5.41) is -0.432. The summed E-state index contributed by atoms with van der Waals surface area (Å²) in [6.45, 7) is 6.94. The first-order chi connectivity index (χ1) is 12.5. The summed E-state index contributed by atoms with van der Waals surface area (Å²) in [4.78, 5) is 23.8. The van der Waals surface area contributed by atoms with E-state index in [1.165, 1.54) is 0 Å². The molecule has 1 aliphatic heterocycles. The quantitative estimate of drug-likeness (QED) is 0.340. The topological polar surface area (TPSA) is 105 Å². The molecular formula is C18H28O8S. The lowest BCUT2D eigenvalue weighted by Crippen LogP contribution is -2.48. The third-order valence-corrected chi connectivity index (χ3v) is 8.20. The van der Waals surface area contributed by atoms with Crippen LogP contribution >= 0.6 is 0 Å². The van der Waals surface area contributed by atoms with Crippen LogP contribution in [0.4, 0.5) is 0 Å². The van der Waals surface area contributed by atoms with Crippen molar-refractivity contribution in [2.75, 3.05) is 19.8 Å². The summed E-state index contributed by atoms with van der Waals surface area (Å²) < 4.78 is 45.3. The van der Waals surface area contributed by atoms with E-state index in [4.69, 9.17) is 18.4 Å². The Labute approximate surface area is 160 Å². The van der Waals surface area contributed by atoms with E-state index in [0.717, 1.165) is 6.42 Å². The Morgan fingerprint density at radius 3 is 2.52 bits per heavy atom. The standard InChI is InChI=1S/C18H28O8S/c1-5-17(2,3)16(20)24-7-6-23-14(19)10-25-18(4)11-8-12-13(9-11)27(21,22)26-15(12)18/h11-13,15H,5-10H2,1-4H3. The highest BCUT2D eigenvalue weighted by Crippen LogP contribution is 2.60. The second kappa shape index (κ2) is 7.00. The highest BCUT2D eigenvalue weighted by Gasteiger charge is 2.69. The molecule has 2 aliphatic carbocycles. The molecule has 3 aliphatic rings. The van der Waals surface area contributed by atoms with Gasteiger partial charge in [0.2, 0.25) is 0 Å². The molecular weight excluding hydrogens is 376 g/mol. The zero-order valence-corrected chi connectivity index (χ0v) is 17.0. The first kappa shape index (κ1) is 20.5. The largest absolute Gasteiger partial charge is 0.462 e. The molecule has 2 saturated carbocycles. The lowest BCUT2D eigenvalue weighted by molar-refractivity contribution is -0.170. The maximum atomic E-state index is 12.0. The van der Waals surface area contributed by atoms with E-state index >= 15 is 0 Å². The second-order valence-corrected chi connectivity index (χ2v) is 10.2. The van der Waals surface area contributed by atoms with E-state index in [2.05, 4.69) is 0 Å². The minimum atomic E-state index is -3.53. The Balaban J connectivity index is 1.42. The molecule has 1 saturated heterocycles. The van der Waals surface area contributed by atoms with Crippen LogP contribution in [-0.4, -0.2) is 57.1 Å². The van der Waals surface area contributed by atoms with Gasteiger partial charge < -0.3 is 14.2 Å². The van der Waals surface area contributed by atoms with Gasteiger partial charge in [-0.1, -0.05) is 6.92 Å². The van der Waals surface area contributed by atoms with Gasteiger partial charge in [0.25, 0.3) is 10.1 Å². The van der Waals surface area contributed by atoms with Gasteiger partial charge in [0.15, 0.2) is 0 Å². The summed E-state index contributed by atoms with van der Waals surface area (Å²) >= 11 is 0. The van der Waals surface area contributed by atoms with Gasteiger partial charge in [0, 0.05) is 5.92 Å². The highest BCUT2D eigenvalue weighted by atomic mass is 32.2. The van der Waals surface area contributed by atoms with Gasteiger partial charge in [-0.05, 0) is 46.0 Å². The van der Waals surface area contributed by atoms with E-state index in [9.17, 15) is 18.0 Å². The number of hydrogen-bond acceptors (Lipinski definition) is 8. The Kier molecular flexibility index (Phi) is 5.33. The van der Waals surface area contributed by atoms with Gasteiger partial charge in [0.1, 0.15) is 25.9 Å². The molecule has 2 bridgehead atoms. The van der Waals surface area contributed by atoms with Crippen LogP contribution in [0.5, 0.6) is 0 Å². The van der Waals surface area contributed by atoms with Crippen LogP contribution < -0.4 is 0 Å². The summed E-state index contributed by atoms with van der Waals surface area (Å²) in [7, 11) is -3.53. The predicted octanol–water partition coefficient (Wildman–Crippen LogP) is 1.42. The summed E-state index contributed by atoms with van der Waals surface area (Å²) in [6.07, 6.45) is 1.37. The molecule has 1 heterocycles. The van der Waals surface area contributed by atoms with Crippen molar-refractivity contribution in [2.24, 2.45) is 17.3 Å². The molecule has 0 aromatic carbocycles. The monoisotopic (exact) mass is 404 g/mol. The van der Waals surface area contributed by atoms with Crippen LogP contribution in [0, 0.1) is 17.3 Å². The molecule has 154 valence electrons. The van der Waals surface area contributed by atoms with Crippen molar-refractivity contribution < 1.29 is 36.4 Å². The van der Waals surface area contributed by atoms with Gasteiger partial charge in [-0.15, -0.1) is 0 Å². The maximum Gasteiger partial charge on any atom is 0.332 e. The number of esters is 2. The normalized spacial score (nSPS) is 36.0. The van der Waals surface area contributed by atoms with Crippen LogP contribution in [0.25, 0.3) is 0 Å². The summed E-state index contributed by atoms with van der Waals surface area (Å²) in [6, 6.07) is 0. The number of carbonyl (C=O) groups excluding carboxylic acids is 2. The molecule has 27 heavy (non-hydrogen) atoms. The Morgan fingerprint density at radius 2 is 1.85 bits per heavy atom. The minimum Gasteiger partial charge on any atom is -0.462 e. The molecule has 9 heteroatoms. The third kappa shape index (κ3) is 3.61. The molecule has 0 aromatic heterocycles. The van der Waals surface area contributed by atoms with E-state index in [1.54, 1.807) is 20.8 Å². The third-order valence-electron chi connectivity index (χ3n) is 6.44. The van der Waals surface area contributed by atoms with Gasteiger partial charge in [0.05, 0.1) is 16.3 Å². The average molecular weight is 404 g/mol. The average Bonchev–Trinajstić information content (AvgIpc) is 3.21. The van der Waals surface area contributed by atoms with E-state index < -0.39 is 38.5 Å². The minimum absolute atomic E-state index is 0.0123. The Morgan fingerprint density at radius 1 is 1.19 bits per heavy atom. The smallest absolute Gasteiger partial charge is 0.332 e. The van der Waals surface area contributed by atoms with E-state index in [1.807, 2.05) is 6.92 Å². The van der Waals surface area contributed by atoms with Gasteiger partial charge in [-0.25, -0.2) is 4.79 Å². The van der Waals surface area contributed by atoms with Crippen LogP contribution in [0.2, 0.25) is 0 Å². The van der Waals surface area contributed by atoms with Crippen molar-refractivity contribution in [3.63, 3.8) is 0 Å². The van der Waals surface area contributed by atoms with E-state index in [0.29, 0.717) is 12.8 Å². The zero-order chi connectivity index (χ0) is 20.0. The fraction of sp³-hybridized carbons (Fsp3) is 0.889. The van der Waals surface area contributed by atoms with Crippen molar-refractivity contribution in [3.8, 4) is 0 Å². The van der Waals surface area contributed by atoms with Crippen molar-refractivity contribution in [3.05, 3.63) is 0 Å². The molecule has 0 N–H and O–H groups in total. The molecule has 0 spiro atoms. The maximum absolute atomic E-state index is 12.0. The first-order valence-corrected chi connectivity index (χ1v) is 10.9. The predicted molar refractivity (Wildman–Crippen MR) is 94.1 cm³/mol. The highest BCUT2D eigenvalue weighted by molar-refractivity contribution is 7.87. The van der Waals surface area contributed by atoms with Gasteiger partial charge in [-0.3, -0.25) is 8.98 Å². The summed E-state index contributed by atoms with van der Waals surface area (Å²) in [5.41, 5.74) is -1.37. The number of carbonyl (C=O) groups is 2. The fourth-order valence-electron chi connectivity index (χ4n) is 4.28. The van der Waals surface area contributed by atoms with Crippen LogP contribution in [0.1, 0.15) is 47.0 Å². The lowest BCUT2D eigenvalue weighted by atomic mass is 9.83.